The van der Waals surface area contributed by atoms with Crippen LogP contribution in [0.4, 0.5) is 4.39 Å². The summed E-state index contributed by atoms with van der Waals surface area (Å²) in [7, 11) is 1.96. The highest BCUT2D eigenvalue weighted by atomic mass is 32.2. The van der Waals surface area contributed by atoms with Gasteiger partial charge in [-0.3, -0.25) is 0 Å². The maximum Gasteiger partial charge on any atom is 0.167 e. The third kappa shape index (κ3) is 1.90. The van der Waals surface area contributed by atoms with Crippen molar-refractivity contribution in [2.24, 2.45) is 7.05 Å². The van der Waals surface area contributed by atoms with Gasteiger partial charge in [0.2, 0.25) is 0 Å². The van der Waals surface area contributed by atoms with Crippen LogP contribution in [0.1, 0.15) is 0 Å². The number of benzene rings is 1. The normalized spacial score (nSPS) is 10.6. The van der Waals surface area contributed by atoms with E-state index in [9.17, 15) is 4.39 Å². The summed E-state index contributed by atoms with van der Waals surface area (Å²) >= 11 is 1.59. The van der Waals surface area contributed by atoms with E-state index in [2.05, 4.69) is 4.98 Å². The molecule has 0 unspecified atom stereocenters. The zero-order valence-electron chi connectivity index (χ0n) is 8.57. The molecule has 0 saturated heterocycles. The van der Waals surface area contributed by atoms with Crippen molar-refractivity contribution in [3.63, 3.8) is 0 Å². The van der Waals surface area contributed by atoms with E-state index in [-0.39, 0.29) is 5.82 Å². The summed E-state index contributed by atoms with van der Waals surface area (Å²) in [4.78, 5) is 4.27. The van der Waals surface area contributed by atoms with Gasteiger partial charge in [0.1, 0.15) is 5.82 Å². The standard InChI is InChI=1S/C11H11FN2S/c1-14-10(7-13-11(14)15-2)8-3-5-9(12)6-4-8/h3-7H,1-2H3. The van der Waals surface area contributed by atoms with Crippen LogP contribution in [-0.2, 0) is 7.05 Å². The largest absolute Gasteiger partial charge is 0.322 e. The van der Waals surface area contributed by atoms with Gasteiger partial charge >= 0.3 is 0 Å². The molecule has 2 aromatic rings. The van der Waals surface area contributed by atoms with Crippen molar-refractivity contribution in [1.82, 2.24) is 9.55 Å². The van der Waals surface area contributed by atoms with Crippen LogP contribution in [0.3, 0.4) is 0 Å². The minimum absolute atomic E-state index is 0.217. The Morgan fingerprint density at radius 3 is 2.47 bits per heavy atom. The summed E-state index contributed by atoms with van der Waals surface area (Å²) in [5, 5.41) is 0.953. The number of hydrogen-bond donors (Lipinski definition) is 0. The molecule has 0 N–H and O–H groups in total. The number of imidazole rings is 1. The van der Waals surface area contributed by atoms with E-state index in [1.165, 1.54) is 12.1 Å². The Hall–Kier alpha value is -1.29. The zero-order chi connectivity index (χ0) is 10.8. The highest BCUT2D eigenvalue weighted by Crippen LogP contribution is 2.23. The molecule has 0 aliphatic carbocycles. The monoisotopic (exact) mass is 222 g/mol. The molecule has 0 bridgehead atoms. The van der Waals surface area contributed by atoms with Gasteiger partial charge in [0.25, 0.3) is 0 Å². The lowest BCUT2D eigenvalue weighted by Crippen LogP contribution is -1.93. The van der Waals surface area contributed by atoms with Crippen LogP contribution >= 0.6 is 11.8 Å². The van der Waals surface area contributed by atoms with Crippen molar-refractivity contribution in [3.8, 4) is 11.3 Å². The number of thioether (sulfide) groups is 1. The van der Waals surface area contributed by atoms with Crippen LogP contribution in [0.2, 0.25) is 0 Å². The number of nitrogens with zero attached hydrogens (tertiary/aromatic N) is 2. The molecule has 0 amide bonds. The molecule has 1 heterocycles. The third-order valence-corrected chi connectivity index (χ3v) is 3.01. The number of rotatable bonds is 2. The molecule has 0 fully saturated rings. The number of halogens is 1. The molecule has 15 heavy (non-hydrogen) atoms. The molecule has 1 aromatic carbocycles. The summed E-state index contributed by atoms with van der Waals surface area (Å²) in [6, 6.07) is 6.44. The van der Waals surface area contributed by atoms with Crippen molar-refractivity contribution in [1.29, 1.82) is 0 Å². The number of hydrogen-bond acceptors (Lipinski definition) is 2. The highest BCUT2D eigenvalue weighted by Gasteiger charge is 2.07. The fraction of sp³-hybridized carbons (Fsp3) is 0.182. The lowest BCUT2D eigenvalue weighted by Gasteiger charge is -2.03. The molecule has 0 radical (unpaired) electrons. The van der Waals surface area contributed by atoms with Crippen LogP contribution in [0.25, 0.3) is 11.3 Å². The SMILES string of the molecule is CSc1ncc(-c2ccc(F)cc2)n1C. The Morgan fingerprint density at radius 2 is 1.93 bits per heavy atom. The predicted octanol–water partition coefficient (Wildman–Crippen LogP) is 2.95. The Morgan fingerprint density at radius 1 is 1.27 bits per heavy atom. The van der Waals surface area contributed by atoms with E-state index < -0.39 is 0 Å². The van der Waals surface area contributed by atoms with Gasteiger partial charge < -0.3 is 4.57 Å². The second-order valence-electron chi connectivity index (χ2n) is 3.20. The average molecular weight is 222 g/mol. The van der Waals surface area contributed by atoms with E-state index in [4.69, 9.17) is 0 Å². The molecule has 2 nitrogen and oxygen atoms in total. The molecule has 2 rings (SSSR count). The lowest BCUT2D eigenvalue weighted by molar-refractivity contribution is 0.628. The molecule has 0 saturated carbocycles. The Labute approximate surface area is 92.1 Å². The summed E-state index contributed by atoms with van der Waals surface area (Å²) in [6.45, 7) is 0. The Balaban J connectivity index is 2.45. The van der Waals surface area contributed by atoms with Crippen molar-refractivity contribution < 1.29 is 4.39 Å². The van der Waals surface area contributed by atoms with Crippen molar-refractivity contribution in [2.45, 2.75) is 5.16 Å². The summed E-state index contributed by atoms with van der Waals surface area (Å²) in [5.74, 6) is -0.217. The molecular formula is C11H11FN2S. The van der Waals surface area contributed by atoms with Crippen LogP contribution in [0.5, 0.6) is 0 Å². The summed E-state index contributed by atoms with van der Waals surface area (Å²) in [5.41, 5.74) is 1.98. The molecule has 0 aliphatic heterocycles. The molecular weight excluding hydrogens is 211 g/mol. The molecule has 0 spiro atoms. The van der Waals surface area contributed by atoms with E-state index in [1.54, 1.807) is 30.1 Å². The van der Waals surface area contributed by atoms with Gasteiger partial charge in [-0.15, -0.1) is 0 Å². The molecule has 0 atom stereocenters. The van der Waals surface area contributed by atoms with Crippen molar-refractivity contribution >= 4 is 11.8 Å². The first-order valence-corrected chi connectivity index (χ1v) is 5.76. The molecule has 4 heteroatoms. The van der Waals surface area contributed by atoms with Gasteiger partial charge in [0, 0.05) is 7.05 Å². The predicted molar refractivity (Wildman–Crippen MR) is 60.4 cm³/mol. The fourth-order valence-corrected chi connectivity index (χ4v) is 2.00. The topological polar surface area (TPSA) is 17.8 Å². The van der Waals surface area contributed by atoms with E-state index in [1.807, 2.05) is 17.9 Å². The quantitative estimate of drug-likeness (QED) is 0.727. The first-order chi connectivity index (χ1) is 7.22. The third-order valence-electron chi connectivity index (χ3n) is 2.27. The zero-order valence-corrected chi connectivity index (χ0v) is 9.38. The Bertz CT molecular complexity index is 462. The summed E-state index contributed by atoms with van der Waals surface area (Å²) < 4.78 is 14.7. The van der Waals surface area contributed by atoms with E-state index in [0.717, 1.165) is 16.4 Å². The minimum Gasteiger partial charge on any atom is -0.322 e. The first-order valence-electron chi connectivity index (χ1n) is 4.54. The molecule has 78 valence electrons. The van der Waals surface area contributed by atoms with Crippen molar-refractivity contribution in [3.05, 3.63) is 36.3 Å². The van der Waals surface area contributed by atoms with Gasteiger partial charge in [0.15, 0.2) is 5.16 Å². The maximum atomic E-state index is 12.7. The van der Waals surface area contributed by atoms with Gasteiger partial charge in [-0.2, -0.15) is 0 Å². The second kappa shape index (κ2) is 4.06. The molecule has 0 aliphatic rings. The van der Waals surface area contributed by atoms with Crippen molar-refractivity contribution in [2.75, 3.05) is 6.26 Å². The number of aromatic nitrogens is 2. The van der Waals surface area contributed by atoms with E-state index in [0.29, 0.717) is 0 Å². The van der Waals surface area contributed by atoms with Gasteiger partial charge in [0.05, 0.1) is 11.9 Å². The molecule has 1 aromatic heterocycles. The van der Waals surface area contributed by atoms with Crippen LogP contribution in [-0.4, -0.2) is 15.8 Å². The highest BCUT2D eigenvalue weighted by molar-refractivity contribution is 7.98. The van der Waals surface area contributed by atoms with Crippen LogP contribution in [0, 0.1) is 5.82 Å². The fourth-order valence-electron chi connectivity index (χ4n) is 1.47. The van der Waals surface area contributed by atoms with Gasteiger partial charge in [-0.1, -0.05) is 11.8 Å². The minimum atomic E-state index is -0.217. The maximum absolute atomic E-state index is 12.7. The average Bonchev–Trinajstić information content (AvgIpc) is 2.61. The lowest BCUT2D eigenvalue weighted by atomic mass is 10.2. The van der Waals surface area contributed by atoms with Gasteiger partial charge in [-0.25, -0.2) is 9.37 Å². The second-order valence-corrected chi connectivity index (χ2v) is 3.97. The van der Waals surface area contributed by atoms with Gasteiger partial charge in [-0.05, 0) is 36.1 Å². The van der Waals surface area contributed by atoms with E-state index >= 15 is 0 Å². The Kier molecular flexibility index (Phi) is 2.77. The summed E-state index contributed by atoms with van der Waals surface area (Å²) in [6.07, 6.45) is 3.79. The van der Waals surface area contributed by atoms with Crippen LogP contribution in [0.15, 0.2) is 35.6 Å². The first kappa shape index (κ1) is 10.2. The van der Waals surface area contributed by atoms with Crippen LogP contribution < -0.4 is 0 Å². The smallest absolute Gasteiger partial charge is 0.167 e.